The lowest BCUT2D eigenvalue weighted by molar-refractivity contribution is -0.149. The van der Waals surface area contributed by atoms with Crippen LogP contribution in [0.1, 0.15) is 33.3 Å². The Kier molecular flexibility index (Phi) is 7.09. The van der Waals surface area contributed by atoms with Gasteiger partial charge in [0.25, 0.3) is 0 Å². The summed E-state index contributed by atoms with van der Waals surface area (Å²) in [6.45, 7) is 9.70. The molecule has 0 aliphatic heterocycles. The van der Waals surface area contributed by atoms with Gasteiger partial charge in [0.2, 0.25) is 0 Å². The molecule has 0 atom stereocenters. The van der Waals surface area contributed by atoms with Crippen LogP contribution < -0.4 is 10.1 Å². The molecule has 112 valence electrons. The third kappa shape index (κ3) is 7.14. The summed E-state index contributed by atoms with van der Waals surface area (Å²) in [5.74, 6) is 0.970. The molecular formula is C16H25NO3. The number of rotatable bonds is 8. The van der Waals surface area contributed by atoms with Crippen molar-refractivity contribution in [2.45, 2.75) is 40.3 Å². The minimum absolute atomic E-state index is 0.0545. The largest absolute Gasteiger partial charge is 0.482 e. The Morgan fingerprint density at radius 1 is 1.25 bits per heavy atom. The summed E-state index contributed by atoms with van der Waals surface area (Å²) in [6.07, 6.45) is -0.113. The molecule has 0 aliphatic carbocycles. The lowest BCUT2D eigenvalue weighted by atomic mass is 10.2. The van der Waals surface area contributed by atoms with Gasteiger partial charge in [-0.25, -0.2) is 4.79 Å². The molecule has 0 aromatic heterocycles. The highest BCUT2D eigenvalue weighted by Crippen LogP contribution is 2.13. The third-order valence-electron chi connectivity index (χ3n) is 2.50. The van der Waals surface area contributed by atoms with Crippen LogP contribution in [0.15, 0.2) is 24.3 Å². The zero-order valence-electron chi connectivity index (χ0n) is 12.8. The molecule has 0 bridgehead atoms. The zero-order valence-corrected chi connectivity index (χ0v) is 12.8. The minimum atomic E-state index is -0.344. The quantitative estimate of drug-likeness (QED) is 0.743. The van der Waals surface area contributed by atoms with Gasteiger partial charge in [0.1, 0.15) is 5.75 Å². The Bertz CT molecular complexity index is 416. The molecule has 0 fully saturated rings. The van der Waals surface area contributed by atoms with Crippen molar-refractivity contribution in [3.8, 4) is 5.75 Å². The maximum atomic E-state index is 11.4. The highest BCUT2D eigenvalue weighted by atomic mass is 16.6. The van der Waals surface area contributed by atoms with Gasteiger partial charge in [-0.15, -0.1) is 0 Å². The van der Waals surface area contributed by atoms with Crippen LogP contribution in [-0.4, -0.2) is 25.2 Å². The smallest absolute Gasteiger partial charge is 0.344 e. The van der Waals surface area contributed by atoms with Crippen LogP contribution >= 0.6 is 0 Å². The number of ether oxygens (including phenoxy) is 2. The highest BCUT2D eigenvalue weighted by molar-refractivity contribution is 5.71. The molecule has 0 saturated heterocycles. The molecule has 0 saturated carbocycles. The van der Waals surface area contributed by atoms with Gasteiger partial charge in [0.05, 0.1) is 6.10 Å². The van der Waals surface area contributed by atoms with Crippen molar-refractivity contribution in [1.29, 1.82) is 0 Å². The van der Waals surface area contributed by atoms with Crippen molar-refractivity contribution in [3.05, 3.63) is 29.8 Å². The molecule has 1 N–H and O–H groups in total. The van der Waals surface area contributed by atoms with Crippen LogP contribution in [0.4, 0.5) is 0 Å². The fourth-order valence-electron chi connectivity index (χ4n) is 1.69. The van der Waals surface area contributed by atoms with E-state index in [0.717, 1.165) is 18.7 Å². The van der Waals surface area contributed by atoms with Gasteiger partial charge >= 0.3 is 5.97 Å². The van der Waals surface area contributed by atoms with Crippen LogP contribution in [0.5, 0.6) is 5.75 Å². The molecule has 1 aromatic rings. The van der Waals surface area contributed by atoms with Gasteiger partial charge in [0.15, 0.2) is 6.61 Å². The van der Waals surface area contributed by atoms with Gasteiger partial charge < -0.3 is 14.8 Å². The van der Waals surface area contributed by atoms with Crippen molar-refractivity contribution in [2.75, 3.05) is 13.2 Å². The Hall–Kier alpha value is -1.55. The van der Waals surface area contributed by atoms with E-state index in [9.17, 15) is 4.79 Å². The summed E-state index contributed by atoms with van der Waals surface area (Å²) in [5.41, 5.74) is 1.14. The van der Waals surface area contributed by atoms with E-state index in [1.807, 2.05) is 38.1 Å². The number of nitrogens with one attached hydrogen (secondary N) is 1. The molecule has 0 radical (unpaired) electrons. The Labute approximate surface area is 121 Å². The van der Waals surface area contributed by atoms with E-state index in [2.05, 4.69) is 19.2 Å². The summed E-state index contributed by atoms with van der Waals surface area (Å²) in [7, 11) is 0. The van der Waals surface area contributed by atoms with E-state index in [-0.39, 0.29) is 18.7 Å². The Morgan fingerprint density at radius 3 is 2.65 bits per heavy atom. The fourth-order valence-corrected chi connectivity index (χ4v) is 1.69. The molecule has 0 amide bonds. The van der Waals surface area contributed by atoms with Gasteiger partial charge in [0, 0.05) is 6.54 Å². The molecule has 1 aromatic carbocycles. The van der Waals surface area contributed by atoms with E-state index in [4.69, 9.17) is 9.47 Å². The second-order valence-corrected chi connectivity index (χ2v) is 5.50. The second-order valence-electron chi connectivity index (χ2n) is 5.50. The molecule has 0 spiro atoms. The van der Waals surface area contributed by atoms with Gasteiger partial charge in [-0.2, -0.15) is 0 Å². The molecule has 4 heteroatoms. The lowest BCUT2D eigenvalue weighted by Gasteiger charge is -2.11. The Balaban J connectivity index is 2.41. The second kappa shape index (κ2) is 8.59. The number of hydrogen-bond donors (Lipinski definition) is 1. The standard InChI is InChI=1S/C16H25NO3/c1-12(2)9-17-10-14-6-5-7-15(8-14)19-11-16(18)20-13(3)4/h5-8,12-13,17H,9-11H2,1-4H3. The molecule has 0 heterocycles. The summed E-state index contributed by atoms with van der Waals surface area (Å²) >= 11 is 0. The normalized spacial score (nSPS) is 10.9. The first-order valence-electron chi connectivity index (χ1n) is 7.09. The number of carbonyl (C=O) groups excluding carboxylic acids is 1. The van der Waals surface area contributed by atoms with Crippen molar-refractivity contribution < 1.29 is 14.3 Å². The van der Waals surface area contributed by atoms with E-state index >= 15 is 0 Å². The average Bonchev–Trinajstić information content (AvgIpc) is 2.36. The van der Waals surface area contributed by atoms with E-state index in [0.29, 0.717) is 11.7 Å². The maximum Gasteiger partial charge on any atom is 0.344 e. The summed E-state index contributed by atoms with van der Waals surface area (Å²) in [4.78, 5) is 11.4. The topological polar surface area (TPSA) is 47.6 Å². The monoisotopic (exact) mass is 279 g/mol. The average molecular weight is 279 g/mol. The number of carbonyl (C=O) groups is 1. The van der Waals surface area contributed by atoms with Crippen LogP contribution in [0.25, 0.3) is 0 Å². The fraction of sp³-hybridized carbons (Fsp3) is 0.562. The van der Waals surface area contributed by atoms with Crippen LogP contribution in [0.2, 0.25) is 0 Å². The summed E-state index contributed by atoms with van der Waals surface area (Å²) in [5, 5.41) is 3.37. The Morgan fingerprint density at radius 2 is 2.00 bits per heavy atom. The van der Waals surface area contributed by atoms with Gasteiger partial charge in [-0.1, -0.05) is 26.0 Å². The minimum Gasteiger partial charge on any atom is -0.482 e. The first-order valence-corrected chi connectivity index (χ1v) is 7.09. The van der Waals surface area contributed by atoms with Crippen LogP contribution in [0, 0.1) is 5.92 Å². The van der Waals surface area contributed by atoms with Crippen molar-refractivity contribution >= 4 is 5.97 Å². The first-order chi connectivity index (χ1) is 9.47. The van der Waals surface area contributed by atoms with Crippen molar-refractivity contribution in [2.24, 2.45) is 5.92 Å². The van der Waals surface area contributed by atoms with Gasteiger partial charge in [-0.3, -0.25) is 0 Å². The predicted molar refractivity (Wildman–Crippen MR) is 79.7 cm³/mol. The number of esters is 1. The maximum absolute atomic E-state index is 11.4. The van der Waals surface area contributed by atoms with Crippen molar-refractivity contribution in [1.82, 2.24) is 5.32 Å². The molecular weight excluding hydrogens is 254 g/mol. The summed E-state index contributed by atoms with van der Waals surface area (Å²) < 4.78 is 10.5. The number of hydrogen-bond acceptors (Lipinski definition) is 4. The van der Waals surface area contributed by atoms with E-state index in [1.54, 1.807) is 0 Å². The molecule has 20 heavy (non-hydrogen) atoms. The SMILES string of the molecule is CC(C)CNCc1cccc(OCC(=O)OC(C)C)c1. The predicted octanol–water partition coefficient (Wildman–Crippen LogP) is 2.76. The molecule has 0 unspecified atom stereocenters. The first kappa shape index (κ1) is 16.5. The summed E-state index contributed by atoms with van der Waals surface area (Å²) in [6, 6.07) is 7.74. The van der Waals surface area contributed by atoms with Crippen molar-refractivity contribution in [3.63, 3.8) is 0 Å². The highest BCUT2D eigenvalue weighted by Gasteiger charge is 2.06. The van der Waals surface area contributed by atoms with E-state index < -0.39 is 0 Å². The molecule has 0 aliphatic rings. The molecule has 4 nitrogen and oxygen atoms in total. The van der Waals surface area contributed by atoms with Crippen LogP contribution in [0.3, 0.4) is 0 Å². The number of benzene rings is 1. The van der Waals surface area contributed by atoms with E-state index in [1.165, 1.54) is 0 Å². The van der Waals surface area contributed by atoms with Gasteiger partial charge in [-0.05, 0) is 44.0 Å². The zero-order chi connectivity index (χ0) is 15.0. The lowest BCUT2D eigenvalue weighted by Crippen LogP contribution is -2.19. The third-order valence-corrected chi connectivity index (χ3v) is 2.50. The van der Waals surface area contributed by atoms with Crippen LogP contribution in [-0.2, 0) is 16.1 Å². The molecule has 1 rings (SSSR count).